The molecule has 1 saturated heterocycles. The van der Waals surface area contributed by atoms with Gasteiger partial charge in [0, 0.05) is 56.3 Å². The Morgan fingerprint density at radius 1 is 1.12 bits per heavy atom. The summed E-state index contributed by atoms with van der Waals surface area (Å²) in [4.78, 5) is 15.4. The van der Waals surface area contributed by atoms with Crippen LogP contribution in [0.4, 0.5) is 5.82 Å². The van der Waals surface area contributed by atoms with Crippen molar-refractivity contribution in [1.82, 2.24) is 19.3 Å². The molecule has 2 aromatic heterocycles. The van der Waals surface area contributed by atoms with E-state index in [2.05, 4.69) is 33.7 Å². The molecule has 0 unspecified atom stereocenters. The van der Waals surface area contributed by atoms with E-state index in [0.717, 1.165) is 17.3 Å². The van der Waals surface area contributed by atoms with Crippen molar-refractivity contribution in [3.8, 4) is 0 Å². The second-order valence-corrected chi connectivity index (χ2v) is 8.40. The molecule has 8 heteroatoms. The molecule has 3 rings (SSSR count). The largest absolute Gasteiger partial charge is 0.354 e. The highest BCUT2D eigenvalue weighted by Gasteiger charge is 2.29. The molecule has 7 nitrogen and oxygen atoms in total. The first-order valence-corrected chi connectivity index (χ1v) is 9.82. The van der Waals surface area contributed by atoms with Gasteiger partial charge < -0.3 is 4.90 Å². The second kappa shape index (κ2) is 7.05. The molecule has 0 aliphatic carbocycles. The quantitative estimate of drug-likeness (QED) is 0.826. The summed E-state index contributed by atoms with van der Waals surface area (Å²) in [5.41, 5.74) is 0.930. The Morgan fingerprint density at radius 3 is 2.44 bits per heavy atom. The summed E-state index contributed by atoms with van der Waals surface area (Å²) in [7, 11) is -3.49. The van der Waals surface area contributed by atoms with E-state index in [9.17, 15) is 8.42 Å². The van der Waals surface area contributed by atoms with E-state index in [0.29, 0.717) is 26.2 Å². The zero-order chi connectivity index (χ0) is 18.0. The van der Waals surface area contributed by atoms with Crippen LogP contribution in [-0.2, 0) is 10.0 Å². The first-order chi connectivity index (χ1) is 11.9. The standard InChI is InChI=1S/C17H23N5O2S/c1-13(2)17-19-14(3)11-16(20-17)21-7-9-22(10-8-21)25(23,24)15-5-4-6-18-12-15/h4-6,11-13H,7-10H2,1-3H3. The van der Waals surface area contributed by atoms with Crippen LogP contribution >= 0.6 is 0 Å². The van der Waals surface area contributed by atoms with Gasteiger partial charge in [-0.05, 0) is 19.1 Å². The Bertz CT molecular complexity index is 831. The normalized spacial score (nSPS) is 16.4. The molecule has 0 radical (unpaired) electrons. The Kier molecular flexibility index (Phi) is 5.01. The fraction of sp³-hybridized carbons (Fsp3) is 0.471. The molecule has 3 heterocycles. The fourth-order valence-corrected chi connectivity index (χ4v) is 4.19. The van der Waals surface area contributed by atoms with E-state index >= 15 is 0 Å². The van der Waals surface area contributed by atoms with Gasteiger partial charge >= 0.3 is 0 Å². The van der Waals surface area contributed by atoms with Crippen molar-refractivity contribution in [2.75, 3.05) is 31.1 Å². The molecule has 0 N–H and O–H groups in total. The average Bonchev–Trinajstić information content (AvgIpc) is 2.62. The summed E-state index contributed by atoms with van der Waals surface area (Å²) in [5.74, 6) is 1.95. The number of aromatic nitrogens is 3. The summed E-state index contributed by atoms with van der Waals surface area (Å²) in [5, 5.41) is 0. The van der Waals surface area contributed by atoms with Gasteiger partial charge in [0.15, 0.2) is 0 Å². The maximum atomic E-state index is 12.7. The van der Waals surface area contributed by atoms with E-state index < -0.39 is 10.0 Å². The molecule has 25 heavy (non-hydrogen) atoms. The zero-order valence-corrected chi connectivity index (χ0v) is 15.6. The zero-order valence-electron chi connectivity index (χ0n) is 14.8. The second-order valence-electron chi connectivity index (χ2n) is 6.46. The molecule has 2 aromatic rings. The van der Waals surface area contributed by atoms with Crippen LogP contribution < -0.4 is 4.90 Å². The van der Waals surface area contributed by atoms with E-state index in [4.69, 9.17) is 0 Å². The third-order valence-electron chi connectivity index (χ3n) is 4.21. The van der Waals surface area contributed by atoms with Gasteiger partial charge in [0.25, 0.3) is 0 Å². The molecule has 0 aromatic carbocycles. The van der Waals surface area contributed by atoms with Crippen molar-refractivity contribution < 1.29 is 8.42 Å². The van der Waals surface area contributed by atoms with Crippen LogP contribution in [0.2, 0.25) is 0 Å². The lowest BCUT2D eigenvalue weighted by Gasteiger charge is -2.34. The number of nitrogens with zero attached hydrogens (tertiary/aromatic N) is 5. The van der Waals surface area contributed by atoms with Gasteiger partial charge in [-0.1, -0.05) is 13.8 Å². The summed E-state index contributed by atoms with van der Waals surface area (Å²) >= 11 is 0. The summed E-state index contributed by atoms with van der Waals surface area (Å²) in [6, 6.07) is 5.18. The van der Waals surface area contributed by atoms with Crippen LogP contribution in [0.15, 0.2) is 35.5 Å². The number of hydrogen-bond acceptors (Lipinski definition) is 6. The summed E-state index contributed by atoms with van der Waals surface area (Å²) in [6.45, 7) is 8.16. The number of rotatable bonds is 4. The van der Waals surface area contributed by atoms with Crippen LogP contribution in [0.1, 0.15) is 31.3 Å². The average molecular weight is 361 g/mol. The number of aryl methyl sites for hydroxylation is 1. The lowest BCUT2D eigenvalue weighted by molar-refractivity contribution is 0.383. The first kappa shape index (κ1) is 17.8. The number of hydrogen-bond donors (Lipinski definition) is 0. The predicted octanol–water partition coefficient (Wildman–Crippen LogP) is 1.81. The van der Waals surface area contributed by atoms with Crippen LogP contribution in [0.3, 0.4) is 0 Å². The molecule has 0 spiro atoms. The molecule has 1 aliphatic rings. The molecule has 0 amide bonds. The van der Waals surface area contributed by atoms with Gasteiger partial charge in [0.2, 0.25) is 10.0 Å². The van der Waals surface area contributed by atoms with Crippen LogP contribution in [-0.4, -0.2) is 53.9 Å². The lowest BCUT2D eigenvalue weighted by Crippen LogP contribution is -2.49. The first-order valence-electron chi connectivity index (χ1n) is 8.38. The number of anilines is 1. The highest BCUT2D eigenvalue weighted by molar-refractivity contribution is 7.89. The molecule has 0 bridgehead atoms. The van der Waals surface area contributed by atoms with E-state index in [1.165, 1.54) is 10.5 Å². The van der Waals surface area contributed by atoms with E-state index in [1.807, 2.05) is 13.0 Å². The summed E-state index contributed by atoms with van der Waals surface area (Å²) in [6.07, 6.45) is 2.96. The number of piperazine rings is 1. The van der Waals surface area contributed by atoms with Gasteiger partial charge in [-0.25, -0.2) is 18.4 Å². The van der Waals surface area contributed by atoms with Gasteiger partial charge in [-0.3, -0.25) is 4.98 Å². The minimum Gasteiger partial charge on any atom is -0.354 e. The van der Waals surface area contributed by atoms with Crippen molar-refractivity contribution in [1.29, 1.82) is 0 Å². The van der Waals surface area contributed by atoms with Gasteiger partial charge in [0.05, 0.1) is 0 Å². The van der Waals surface area contributed by atoms with Gasteiger partial charge in [0.1, 0.15) is 16.5 Å². The Labute approximate surface area is 148 Å². The third-order valence-corrected chi connectivity index (χ3v) is 6.09. The SMILES string of the molecule is Cc1cc(N2CCN(S(=O)(=O)c3cccnc3)CC2)nc(C(C)C)n1. The maximum absolute atomic E-state index is 12.7. The maximum Gasteiger partial charge on any atom is 0.244 e. The fourth-order valence-electron chi connectivity index (χ4n) is 2.80. The molecule has 0 atom stereocenters. The van der Waals surface area contributed by atoms with Gasteiger partial charge in [-0.15, -0.1) is 0 Å². The van der Waals surface area contributed by atoms with Crippen LogP contribution in [0, 0.1) is 6.92 Å². The predicted molar refractivity (Wildman–Crippen MR) is 96.1 cm³/mol. The monoisotopic (exact) mass is 361 g/mol. The molecule has 134 valence electrons. The van der Waals surface area contributed by atoms with E-state index in [-0.39, 0.29) is 10.8 Å². The Morgan fingerprint density at radius 2 is 1.84 bits per heavy atom. The Balaban J connectivity index is 1.74. The van der Waals surface area contributed by atoms with Crippen LogP contribution in [0.5, 0.6) is 0 Å². The number of pyridine rings is 1. The van der Waals surface area contributed by atoms with Crippen molar-refractivity contribution in [3.63, 3.8) is 0 Å². The number of sulfonamides is 1. The van der Waals surface area contributed by atoms with Crippen molar-refractivity contribution >= 4 is 15.8 Å². The highest BCUT2D eigenvalue weighted by Crippen LogP contribution is 2.21. The molecular formula is C17H23N5O2S. The minimum atomic E-state index is -3.49. The molecular weight excluding hydrogens is 338 g/mol. The minimum absolute atomic E-state index is 0.239. The lowest BCUT2D eigenvalue weighted by atomic mass is 10.2. The van der Waals surface area contributed by atoms with Crippen molar-refractivity contribution in [2.45, 2.75) is 31.6 Å². The van der Waals surface area contributed by atoms with Crippen molar-refractivity contribution in [2.24, 2.45) is 0 Å². The summed E-state index contributed by atoms with van der Waals surface area (Å²) < 4.78 is 26.9. The van der Waals surface area contributed by atoms with Gasteiger partial charge in [-0.2, -0.15) is 4.31 Å². The van der Waals surface area contributed by atoms with Crippen LogP contribution in [0.25, 0.3) is 0 Å². The topological polar surface area (TPSA) is 79.3 Å². The van der Waals surface area contributed by atoms with Crippen molar-refractivity contribution in [3.05, 3.63) is 42.1 Å². The smallest absolute Gasteiger partial charge is 0.244 e. The Hall–Kier alpha value is -2.06. The molecule has 1 fully saturated rings. The third kappa shape index (κ3) is 3.80. The molecule has 1 aliphatic heterocycles. The highest BCUT2D eigenvalue weighted by atomic mass is 32.2. The molecule has 0 saturated carbocycles. The van der Waals surface area contributed by atoms with E-state index in [1.54, 1.807) is 18.3 Å².